The highest BCUT2D eigenvalue weighted by Gasteiger charge is 2.59. The van der Waals surface area contributed by atoms with E-state index in [0.717, 1.165) is 93.3 Å². The Morgan fingerprint density at radius 1 is 0.684 bits per heavy atom. The smallest absolute Gasteiger partial charge is 0.306 e. The Bertz CT molecular complexity index is 1310. The zero-order valence-electron chi connectivity index (χ0n) is 38.3. The number of ether oxygens (including phenoxy) is 1. The van der Waals surface area contributed by atoms with Gasteiger partial charge in [-0.25, -0.2) is 0 Å². The van der Waals surface area contributed by atoms with Crippen LogP contribution in [0.1, 0.15) is 215 Å². The lowest BCUT2D eigenvalue weighted by atomic mass is 9.47. The van der Waals surface area contributed by atoms with Crippen molar-refractivity contribution in [2.45, 2.75) is 221 Å². The molecule has 4 aliphatic rings. The Morgan fingerprint density at radius 2 is 1.28 bits per heavy atom. The summed E-state index contributed by atoms with van der Waals surface area (Å²) in [6.45, 7) is 14.8. The minimum atomic E-state index is 0.0540. The molecular weight excluding hydrogens is 693 g/mol. The molecule has 0 aromatic rings. The summed E-state index contributed by atoms with van der Waals surface area (Å²) in [5.41, 5.74) is 2.51. The van der Waals surface area contributed by atoms with E-state index in [4.69, 9.17) is 4.74 Å². The molecule has 57 heavy (non-hydrogen) atoms. The van der Waals surface area contributed by atoms with Gasteiger partial charge >= 0.3 is 5.97 Å². The maximum Gasteiger partial charge on any atom is 0.306 e. The molecule has 322 valence electrons. The third-order valence-electron chi connectivity index (χ3n) is 15.5. The Kier molecular flexibility index (Phi) is 21.9. The van der Waals surface area contributed by atoms with Crippen LogP contribution in [-0.4, -0.2) is 12.1 Å². The molecule has 3 fully saturated rings. The quantitative estimate of drug-likeness (QED) is 0.0471. The van der Waals surface area contributed by atoms with Gasteiger partial charge in [0.25, 0.3) is 0 Å². The fourth-order valence-corrected chi connectivity index (χ4v) is 12.1. The molecule has 2 nitrogen and oxygen atoms in total. The van der Waals surface area contributed by atoms with Crippen LogP contribution in [0.3, 0.4) is 0 Å². The number of allylic oxidation sites excluding steroid dienone is 11. The summed E-state index contributed by atoms with van der Waals surface area (Å²) >= 11 is 0. The van der Waals surface area contributed by atoms with E-state index in [1.165, 1.54) is 109 Å². The van der Waals surface area contributed by atoms with E-state index in [1.807, 2.05) is 0 Å². The second-order valence-electron chi connectivity index (χ2n) is 20.1. The first-order chi connectivity index (χ1) is 27.7. The molecule has 0 N–H and O–H groups in total. The maximum atomic E-state index is 12.9. The normalized spacial score (nSPS) is 29.5. The summed E-state index contributed by atoms with van der Waals surface area (Å²) < 4.78 is 6.16. The first kappa shape index (κ1) is 47.6. The summed E-state index contributed by atoms with van der Waals surface area (Å²) in [5, 5.41) is 0. The summed E-state index contributed by atoms with van der Waals surface area (Å²) in [4.78, 5) is 12.9. The molecule has 0 radical (unpaired) electrons. The summed E-state index contributed by atoms with van der Waals surface area (Å²) in [5.74, 6) is 5.29. The first-order valence-corrected chi connectivity index (χ1v) is 24.8. The average molecular weight is 783 g/mol. The maximum absolute atomic E-state index is 12.9. The number of hydrogen-bond donors (Lipinski definition) is 0. The van der Waals surface area contributed by atoms with Crippen molar-refractivity contribution < 1.29 is 9.53 Å². The van der Waals surface area contributed by atoms with Crippen molar-refractivity contribution in [1.29, 1.82) is 0 Å². The molecule has 8 unspecified atom stereocenters. The number of carbonyl (C=O) groups is 1. The minimum Gasteiger partial charge on any atom is -0.462 e. The second-order valence-corrected chi connectivity index (χ2v) is 20.1. The summed E-state index contributed by atoms with van der Waals surface area (Å²) in [6, 6.07) is 0. The Balaban J connectivity index is 0.992. The van der Waals surface area contributed by atoms with E-state index in [-0.39, 0.29) is 12.1 Å². The molecule has 4 rings (SSSR count). The van der Waals surface area contributed by atoms with Crippen LogP contribution in [0.4, 0.5) is 0 Å². The predicted molar refractivity (Wildman–Crippen MR) is 248 cm³/mol. The van der Waals surface area contributed by atoms with E-state index in [0.29, 0.717) is 17.3 Å². The van der Waals surface area contributed by atoms with Crippen molar-refractivity contribution in [3.05, 3.63) is 72.4 Å². The van der Waals surface area contributed by atoms with E-state index in [9.17, 15) is 4.79 Å². The average Bonchev–Trinajstić information content (AvgIpc) is 3.55. The summed E-state index contributed by atoms with van der Waals surface area (Å²) in [6.07, 6.45) is 58.5. The van der Waals surface area contributed by atoms with E-state index < -0.39 is 0 Å². The highest BCUT2D eigenvalue weighted by Crippen LogP contribution is 2.67. The molecule has 0 aromatic carbocycles. The monoisotopic (exact) mass is 783 g/mol. The fourth-order valence-electron chi connectivity index (χ4n) is 12.1. The lowest BCUT2D eigenvalue weighted by molar-refractivity contribution is -0.151. The lowest BCUT2D eigenvalue weighted by Gasteiger charge is -2.58. The van der Waals surface area contributed by atoms with Crippen LogP contribution >= 0.6 is 0 Å². The van der Waals surface area contributed by atoms with Crippen molar-refractivity contribution in [2.24, 2.45) is 46.3 Å². The van der Waals surface area contributed by atoms with E-state index in [2.05, 4.69) is 108 Å². The van der Waals surface area contributed by atoms with Gasteiger partial charge in [-0.15, -0.1) is 0 Å². The number of carbonyl (C=O) groups excluding carboxylic acids is 1. The lowest BCUT2D eigenvalue weighted by Crippen LogP contribution is -2.51. The van der Waals surface area contributed by atoms with E-state index in [1.54, 1.807) is 5.57 Å². The highest BCUT2D eigenvalue weighted by atomic mass is 16.5. The predicted octanol–water partition coefficient (Wildman–Crippen LogP) is 17.0. The van der Waals surface area contributed by atoms with Gasteiger partial charge in [0.05, 0.1) is 0 Å². The number of unbranched alkanes of at least 4 members (excludes halogenated alkanes) is 9. The van der Waals surface area contributed by atoms with Crippen molar-refractivity contribution in [1.82, 2.24) is 0 Å². The number of esters is 1. The van der Waals surface area contributed by atoms with Crippen LogP contribution in [-0.2, 0) is 9.53 Å². The van der Waals surface area contributed by atoms with E-state index >= 15 is 0 Å². The van der Waals surface area contributed by atoms with Crippen LogP contribution in [0.25, 0.3) is 0 Å². The van der Waals surface area contributed by atoms with Gasteiger partial charge in [-0.1, -0.05) is 178 Å². The third kappa shape index (κ3) is 15.5. The highest BCUT2D eigenvalue weighted by molar-refractivity contribution is 5.69. The fraction of sp³-hybridized carbons (Fsp3) is 0.764. The zero-order valence-corrected chi connectivity index (χ0v) is 38.3. The molecule has 0 aromatic heterocycles. The molecule has 0 bridgehead atoms. The first-order valence-electron chi connectivity index (χ1n) is 24.8. The van der Waals surface area contributed by atoms with Crippen LogP contribution in [0.15, 0.2) is 72.4 Å². The molecule has 0 spiro atoms. The molecule has 2 heteroatoms. The summed E-state index contributed by atoms with van der Waals surface area (Å²) in [7, 11) is 0. The largest absolute Gasteiger partial charge is 0.462 e. The van der Waals surface area contributed by atoms with Crippen molar-refractivity contribution in [3.63, 3.8) is 0 Å². The Hall–Kier alpha value is -2.09. The molecular formula is C55H90O2. The SMILES string of the molecule is CC/C=C\C/C=C\C/C=C\C/C=C\C/C=C\CCCCCCCCCCCC(=O)OC1CCC2(C)C(=CCC3C2CCC2(C)C(C(C)CCCC(C)C)CCC32)C1. The second kappa shape index (κ2) is 26.2. The third-order valence-corrected chi connectivity index (χ3v) is 15.5. The standard InChI is InChI=1S/C55H90O2/c1-7-8-9-10-11-12-13-14-15-16-17-18-19-20-21-22-23-24-25-26-27-28-29-30-31-35-53(56)57-48-40-42-54(5)47(44-48)36-37-49-51-39-38-50(46(4)34-32-33-45(2)3)55(51,6)43-41-52(49)54/h8-9,11-12,14-15,17-18,20-21,36,45-46,48-52H,7,10,13,16,19,22-35,37-44H2,1-6H3/b9-8-,12-11-,15-14-,18-17-,21-20-. The van der Waals surface area contributed by atoms with Gasteiger partial charge in [0.2, 0.25) is 0 Å². The number of rotatable bonds is 27. The molecule has 0 saturated heterocycles. The van der Waals surface area contributed by atoms with Crippen molar-refractivity contribution >= 4 is 5.97 Å². The van der Waals surface area contributed by atoms with Crippen LogP contribution in [0, 0.1) is 46.3 Å². The number of hydrogen-bond acceptors (Lipinski definition) is 2. The van der Waals surface area contributed by atoms with Gasteiger partial charge in [-0.2, -0.15) is 0 Å². The van der Waals surface area contributed by atoms with Gasteiger partial charge < -0.3 is 4.74 Å². The van der Waals surface area contributed by atoms with Crippen LogP contribution < -0.4 is 0 Å². The topological polar surface area (TPSA) is 26.3 Å². The van der Waals surface area contributed by atoms with Crippen molar-refractivity contribution in [3.8, 4) is 0 Å². The van der Waals surface area contributed by atoms with Gasteiger partial charge in [-0.05, 0) is 143 Å². The molecule has 0 aliphatic heterocycles. The van der Waals surface area contributed by atoms with Gasteiger partial charge in [0.15, 0.2) is 0 Å². The molecule has 3 saturated carbocycles. The molecule has 8 atom stereocenters. The van der Waals surface area contributed by atoms with Gasteiger partial charge in [0.1, 0.15) is 6.10 Å². The number of fused-ring (bicyclic) bond motifs is 5. The van der Waals surface area contributed by atoms with Crippen LogP contribution in [0.2, 0.25) is 0 Å². The Labute approximate surface area is 354 Å². The zero-order chi connectivity index (χ0) is 40.8. The Morgan fingerprint density at radius 3 is 1.91 bits per heavy atom. The van der Waals surface area contributed by atoms with Crippen molar-refractivity contribution in [2.75, 3.05) is 0 Å². The minimum absolute atomic E-state index is 0.0540. The molecule has 0 amide bonds. The van der Waals surface area contributed by atoms with Gasteiger partial charge in [-0.3, -0.25) is 4.79 Å². The molecule has 4 aliphatic carbocycles. The van der Waals surface area contributed by atoms with Gasteiger partial charge in [0, 0.05) is 12.8 Å². The molecule has 0 heterocycles. The van der Waals surface area contributed by atoms with Crippen LogP contribution in [0.5, 0.6) is 0 Å².